The second kappa shape index (κ2) is 4.89. The molecule has 1 rings (SSSR count). The number of anilines is 1. The molecule has 0 amide bonds. The fourth-order valence-electron chi connectivity index (χ4n) is 0.824. The van der Waals surface area contributed by atoms with Gasteiger partial charge in [-0.2, -0.15) is 0 Å². The maximum absolute atomic E-state index is 5.92. The molecule has 1 N–H and O–H groups in total. The quantitative estimate of drug-likeness (QED) is 0.872. The first-order chi connectivity index (χ1) is 6.09. The maximum Gasteiger partial charge on any atom is 0.0638 e. The fraction of sp³-hybridized carbons (Fsp3) is 0.111. The zero-order chi connectivity index (χ0) is 9.84. The van der Waals surface area contributed by atoms with E-state index in [2.05, 4.69) is 27.8 Å². The average Bonchev–Trinajstić information content (AvgIpc) is 2.06. The Labute approximate surface area is 95.9 Å². The van der Waals surface area contributed by atoms with Crippen molar-refractivity contribution in [1.82, 2.24) is 0 Å². The summed E-state index contributed by atoms with van der Waals surface area (Å²) in [5.41, 5.74) is 0.845. The van der Waals surface area contributed by atoms with E-state index in [1.807, 2.05) is 18.2 Å². The Bertz CT molecular complexity index is 325. The summed E-state index contributed by atoms with van der Waals surface area (Å²) in [4.78, 5) is 0. The predicted molar refractivity (Wildman–Crippen MR) is 62.6 cm³/mol. The highest BCUT2D eigenvalue weighted by atomic mass is 79.9. The molecule has 0 aliphatic rings. The van der Waals surface area contributed by atoms with Gasteiger partial charge in [0.1, 0.15) is 0 Å². The topological polar surface area (TPSA) is 12.0 Å². The van der Waals surface area contributed by atoms with Crippen LogP contribution in [-0.2, 0) is 0 Å². The number of rotatable bonds is 3. The molecule has 0 spiro atoms. The molecular weight excluding hydrogens is 273 g/mol. The van der Waals surface area contributed by atoms with Crippen molar-refractivity contribution in [2.75, 3.05) is 11.9 Å². The molecule has 0 unspecified atom stereocenters. The Morgan fingerprint density at radius 1 is 1.54 bits per heavy atom. The van der Waals surface area contributed by atoms with E-state index in [9.17, 15) is 0 Å². The standard InChI is InChI=1S/C9H8BrCl2N/c1-6(11)5-13-9-4-7(10)2-3-8(9)12/h2-4,13H,1,5H2. The third-order valence-corrected chi connectivity index (χ3v) is 2.36. The second-order valence-corrected chi connectivity index (χ2v) is 4.35. The van der Waals surface area contributed by atoms with Crippen LogP contribution in [0.3, 0.4) is 0 Å². The van der Waals surface area contributed by atoms with E-state index in [4.69, 9.17) is 23.2 Å². The van der Waals surface area contributed by atoms with Crippen LogP contribution in [0.15, 0.2) is 34.3 Å². The molecule has 1 aromatic rings. The Hall–Kier alpha value is -0.180. The molecule has 0 aliphatic heterocycles. The molecule has 4 heteroatoms. The van der Waals surface area contributed by atoms with Gasteiger partial charge in [-0.25, -0.2) is 0 Å². The van der Waals surface area contributed by atoms with Gasteiger partial charge < -0.3 is 5.32 Å². The molecule has 0 radical (unpaired) electrons. The first kappa shape index (κ1) is 10.9. The van der Waals surface area contributed by atoms with Crippen LogP contribution in [0.2, 0.25) is 5.02 Å². The van der Waals surface area contributed by atoms with E-state index >= 15 is 0 Å². The molecule has 13 heavy (non-hydrogen) atoms. The van der Waals surface area contributed by atoms with Gasteiger partial charge in [0.05, 0.1) is 17.3 Å². The van der Waals surface area contributed by atoms with Gasteiger partial charge in [0.2, 0.25) is 0 Å². The zero-order valence-electron chi connectivity index (χ0n) is 6.78. The molecule has 0 saturated carbocycles. The lowest BCUT2D eigenvalue weighted by Crippen LogP contribution is -2.00. The molecule has 0 heterocycles. The summed E-state index contributed by atoms with van der Waals surface area (Å²) in [6.07, 6.45) is 0. The monoisotopic (exact) mass is 279 g/mol. The first-order valence-corrected chi connectivity index (χ1v) is 5.16. The maximum atomic E-state index is 5.92. The van der Waals surface area contributed by atoms with E-state index < -0.39 is 0 Å². The lowest BCUT2D eigenvalue weighted by atomic mass is 10.3. The minimum atomic E-state index is 0.512. The summed E-state index contributed by atoms with van der Waals surface area (Å²) in [6.45, 7) is 4.08. The van der Waals surface area contributed by atoms with Gasteiger partial charge in [0, 0.05) is 9.51 Å². The van der Waals surface area contributed by atoms with Crippen LogP contribution >= 0.6 is 39.1 Å². The molecule has 0 fully saturated rings. The summed E-state index contributed by atoms with van der Waals surface area (Å²) in [5, 5.41) is 4.28. The Morgan fingerprint density at radius 2 is 2.23 bits per heavy atom. The van der Waals surface area contributed by atoms with Gasteiger partial charge in [-0.3, -0.25) is 0 Å². The van der Waals surface area contributed by atoms with Crippen LogP contribution in [0, 0.1) is 0 Å². The smallest absolute Gasteiger partial charge is 0.0638 e. The summed E-state index contributed by atoms with van der Waals surface area (Å²) in [6, 6.07) is 5.58. The van der Waals surface area contributed by atoms with Crippen molar-refractivity contribution >= 4 is 44.8 Å². The third kappa shape index (κ3) is 3.59. The number of hydrogen-bond acceptors (Lipinski definition) is 1. The average molecular weight is 281 g/mol. The lowest BCUT2D eigenvalue weighted by molar-refractivity contribution is 1.31. The summed E-state index contributed by atoms with van der Waals surface area (Å²) in [7, 11) is 0. The molecule has 0 atom stereocenters. The van der Waals surface area contributed by atoms with Crippen LogP contribution in [0.25, 0.3) is 0 Å². The summed E-state index contributed by atoms with van der Waals surface area (Å²) >= 11 is 14.9. The van der Waals surface area contributed by atoms with Crippen LogP contribution in [0.4, 0.5) is 5.69 Å². The fourth-order valence-corrected chi connectivity index (χ4v) is 1.44. The van der Waals surface area contributed by atoms with Gasteiger partial charge in [-0.1, -0.05) is 45.7 Å². The van der Waals surface area contributed by atoms with Gasteiger partial charge in [-0.15, -0.1) is 0 Å². The number of halogens is 3. The van der Waals surface area contributed by atoms with Crippen molar-refractivity contribution in [3.05, 3.63) is 39.3 Å². The van der Waals surface area contributed by atoms with Gasteiger partial charge in [0.15, 0.2) is 0 Å². The van der Waals surface area contributed by atoms with Crippen molar-refractivity contribution in [3.8, 4) is 0 Å². The number of benzene rings is 1. The molecule has 0 aliphatic carbocycles. The third-order valence-electron chi connectivity index (χ3n) is 1.40. The zero-order valence-corrected chi connectivity index (χ0v) is 9.88. The van der Waals surface area contributed by atoms with Crippen LogP contribution < -0.4 is 5.32 Å². The summed E-state index contributed by atoms with van der Waals surface area (Å²) < 4.78 is 0.972. The lowest BCUT2D eigenvalue weighted by Gasteiger charge is -2.07. The van der Waals surface area contributed by atoms with Crippen molar-refractivity contribution in [1.29, 1.82) is 0 Å². The highest BCUT2D eigenvalue weighted by Gasteiger charge is 1.99. The highest BCUT2D eigenvalue weighted by Crippen LogP contribution is 2.25. The van der Waals surface area contributed by atoms with E-state index in [1.54, 1.807) is 0 Å². The minimum Gasteiger partial charge on any atom is -0.379 e. The highest BCUT2D eigenvalue weighted by molar-refractivity contribution is 9.10. The SMILES string of the molecule is C=C(Cl)CNc1cc(Br)ccc1Cl. The molecule has 0 aromatic heterocycles. The molecular formula is C9H8BrCl2N. The van der Waals surface area contributed by atoms with Gasteiger partial charge in [-0.05, 0) is 18.2 Å². The van der Waals surface area contributed by atoms with Crippen molar-refractivity contribution in [2.24, 2.45) is 0 Å². The number of hydrogen-bond donors (Lipinski definition) is 1. The van der Waals surface area contributed by atoms with Crippen LogP contribution in [-0.4, -0.2) is 6.54 Å². The van der Waals surface area contributed by atoms with Crippen molar-refractivity contribution in [2.45, 2.75) is 0 Å². The van der Waals surface area contributed by atoms with E-state index in [0.717, 1.165) is 10.2 Å². The van der Waals surface area contributed by atoms with Crippen LogP contribution in [0.5, 0.6) is 0 Å². The number of nitrogens with one attached hydrogen (secondary N) is 1. The van der Waals surface area contributed by atoms with Gasteiger partial charge >= 0.3 is 0 Å². The minimum absolute atomic E-state index is 0.512. The summed E-state index contributed by atoms with van der Waals surface area (Å²) in [5.74, 6) is 0. The molecule has 1 aromatic carbocycles. The second-order valence-electron chi connectivity index (χ2n) is 2.49. The van der Waals surface area contributed by atoms with E-state index in [-0.39, 0.29) is 0 Å². The Balaban J connectivity index is 2.75. The molecule has 0 saturated heterocycles. The Morgan fingerprint density at radius 3 is 2.85 bits per heavy atom. The van der Waals surface area contributed by atoms with E-state index in [0.29, 0.717) is 16.6 Å². The van der Waals surface area contributed by atoms with E-state index in [1.165, 1.54) is 0 Å². The normalized spacial score (nSPS) is 9.77. The first-order valence-electron chi connectivity index (χ1n) is 3.62. The van der Waals surface area contributed by atoms with Gasteiger partial charge in [0.25, 0.3) is 0 Å². The molecule has 70 valence electrons. The van der Waals surface area contributed by atoms with Crippen molar-refractivity contribution in [3.63, 3.8) is 0 Å². The molecule has 1 nitrogen and oxygen atoms in total. The largest absolute Gasteiger partial charge is 0.379 e. The molecule has 0 bridgehead atoms. The van der Waals surface area contributed by atoms with Crippen LogP contribution in [0.1, 0.15) is 0 Å². The van der Waals surface area contributed by atoms with Crippen molar-refractivity contribution < 1.29 is 0 Å². The predicted octanol–water partition coefficient (Wildman–Crippen LogP) is 4.27. The Kier molecular flexibility index (Phi) is 4.10.